The van der Waals surface area contributed by atoms with Gasteiger partial charge in [0.2, 0.25) is 0 Å². The molecule has 0 bridgehead atoms. The third kappa shape index (κ3) is 3.80. The zero-order chi connectivity index (χ0) is 18.7. The van der Waals surface area contributed by atoms with Gasteiger partial charge >= 0.3 is 5.97 Å². The number of H-pyrrole nitrogens is 1. The molecule has 6 nitrogen and oxygen atoms in total. The van der Waals surface area contributed by atoms with Crippen LogP contribution in [0.3, 0.4) is 0 Å². The van der Waals surface area contributed by atoms with Gasteiger partial charge in [-0.2, -0.15) is 0 Å². The van der Waals surface area contributed by atoms with Gasteiger partial charge in [0.15, 0.2) is 11.5 Å². The van der Waals surface area contributed by atoms with E-state index in [9.17, 15) is 14.4 Å². The smallest absolute Gasteiger partial charge is 0.355 e. The molecule has 0 radical (unpaired) electrons. The zero-order valence-corrected chi connectivity index (χ0v) is 14.4. The van der Waals surface area contributed by atoms with Gasteiger partial charge in [-0.1, -0.05) is 29.8 Å². The van der Waals surface area contributed by atoms with Gasteiger partial charge in [-0.05, 0) is 38.1 Å². The van der Waals surface area contributed by atoms with E-state index in [0.29, 0.717) is 16.6 Å². The molecule has 0 spiro atoms. The fourth-order valence-electron chi connectivity index (χ4n) is 2.47. The number of fused-ring (bicyclic) bond motifs is 1. The van der Waals surface area contributed by atoms with Crippen LogP contribution in [-0.4, -0.2) is 23.0 Å². The summed E-state index contributed by atoms with van der Waals surface area (Å²) < 4.78 is 5.18. The summed E-state index contributed by atoms with van der Waals surface area (Å²) >= 11 is 0. The van der Waals surface area contributed by atoms with E-state index in [0.717, 1.165) is 5.56 Å². The number of ether oxygens (including phenoxy) is 1. The maximum Gasteiger partial charge on any atom is 0.355 e. The molecule has 3 rings (SSSR count). The minimum absolute atomic E-state index is 0.00341. The first-order valence-corrected chi connectivity index (χ1v) is 8.14. The molecular weight excluding hydrogens is 332 g/mol. The average Bonchev–Trinajstić information content (AvgIpc) is 2.63. The first-order chi connectivity index (χ1) is 12.4. The maximum absolute atomic E-state index is 12.3. The van der Waals surface area contributed by atoms with Crippen LogP contribution in [-0.2, 0) is 9.53 Å². The lowest BCUT2D eigenvalue weighted by Gasteiger charge is -2.14. The fraction of sp³-hybridized carbons (Fsp3) is 0.150. The van der Waals surface area contributed by atoms with E-state index in [1.807, 2.05) is 19.1 Å². The fourth-order valence-corrected chi connectivity index (χ4v) is 2.47. The average molecular weight is 350 g/mol. The van der Waals surface area contributed by atoms with Gasteiger partial charge in [-0.15, -0.1) is 0 Å². The van der Waals surface area contributed by atoms with Crippen LogP contribution >= 0.6 is 0 Å². The van der Waals surface area contributed by atoms with Gasteiger partial charge in [0.05, 0.1) is 0 Å². The molecule has 1 amide bonds. The van der Waals surface area contributed by atoms with E-state index in [4.69, 9.17) is 4.74 Å². The predicted octanol–water partition coefficient (Wildman–Crippen LogP) is 3.02. The van der Waals surface area contributed by atoms with Crippen molar-refractivity contribution < 1.29 is 14.3 Å². The SMILES string of the molecule is Cc1ccc(NC(=O)[C@H](C)OC(=O)c2cc(=O)c3ccccc3[nH]2)cc1. The Hall–Kier alpha value is -3.41. The Bertz CT molecular complexity index is 1020. The highest BCUT2D eigenvalue weighted by molar-refractivity contribution is 5.97. The van der Waals surface area contributed by atoms with Gasteiger partial charge in [0.25, 0.3) is 5.91 Å². The van der Waals surface area contributed by atoms with Crippen molar-refractivity contribution in [1.82, 2.24) is 4.98 Å². The molecule has 0 saturated carbocycles. The summed E-state index contributed by atoms with van der Waals surface area (Å²) in [6.07, 6.45) is -1.02. The summed E-state index contributed by atoms with van der Waals surface area (Å²) in [7, 11) is 0. The van der Waals surface area contributed by atoms with Crippen molar-refractivity contribution in [3.63, 3.8) is 0 Å². The Labute approximate surface area is 149 Å². The summed E-state index contributed by atoms with van der Waals surface area (Å²) in [6.45, 7) is 3.42. The van der Waals surface area contributed by atoms with Crippen LogP contribution in [0.15, 0.2) is 59.4 Å². The lowest BCUT2D eigenvalue weighted by Crippen LogP contribution is -2.30. The van der Waals surface area contributed by atoms with E-state index in [2.05, 4.69) is 10.3 Å². The third-order valence-electron chi connectivity index (χ3n) is 3.93. The second-order valence-electron chi connectivity index (χ2n) is 6.00. The second kappa shape index (κ2) is 7.23. The molecule has 0 aliphatic carbocycles. The zero-order valence-electron chi connectivity index (χ0n) is 14.4. The summed E-state index contributed by atoms with van der Waals surface area (Å²) in [5, 5.41) is 3.16. The molecule has 132 valence electrons. The predicted molar refractivity (Wildman–Crippen MR) is 99.3 cm³/mol. The number of nitrogens with one attached hydrogen (secondary N) is 2. The maximum atomic E-state index is 12.3. The van der Waals surface area contributed by atoms with Crippen LogP contribution < -0.4 is 10.7 Å². The summed E-state index contributed by atoms with van der Waals surface area (Å²) in [4.78, 5) is 39.4. The molecule has 1 aromatic heterocycles. The number of benzene rings is 2. The molecule has 26 heavy (non-hydrogen) atoms. The Balaban J connectivity index is 1.71. The minimum atomic E-state index is -1.02. The van der Waals surface area contributed by atoms with Crippen LogP contribution in [0.5, 0.6) is 0 Å². The van der Waals surface area contributed by atoms with Gasteiger partial charge < -0.3 is 15.0 Å². The Morgan fingerprint density at radius 1 is 1.08 bits per heavy atom. The third-order valence-corrected chi connectivity index (χ3v) is 3.93. The number of carbonyl (C=O) groups is 2. The van der Waals surface area contributed by atoms with Crippen LogP contribution in [0.1, 0.15) is 23.0 Å². The number of hydrogen-bond acceptors (Lipinski definition) is 4. The van der Waals surface area contributed by atoms with Crippen LogP contribution in [0.4, 0.5) is 5.69 Å². The van der Waals surface area contributed by atoms with Gasteiger partial charge in [-0.25, -0.2) is 4.79 Å². The van der Waals surface area contributed by atoms with E-state index >= 15 is 0 Å². The highest BCUT2D eigenvalue weighted by Gasteiger charge is 2.20. The standard InChI is InChI=1S/C20H18N2O4/c1-12-7-9-14(10-8-12)21-19(24)13(2)26-20(25)17-11-18(23)15-5-3-4-6-16(15)22-17/h3-11,13H,1-2H3,(H,21,24)(H,22,23)/t13-/m0/s1. The number of rotatable bonds is 4. The Morgan fingerprint density at radius 3 is 2.50 bits per heavy atom. The normalized spacial score (nSPS) is 11.8. The number of pyridine rings is 1. The van der Waals surface area contributed by atoms with Crippen molar-refractivity contribution in [3.05, 3.63) is 76.1 Å². The van der Waals surface area contributed by atoms with E-state index in [1.54, 1.807) is 36.4 Å². The first kappa shape index (κ1) is 17.4. The largest absolute Gasteiger partial charge is 0.448 e. The molecule has 3 aromatic rings. The minimum Gasteiger partial charge on any atom is -0.448 e. The number of aromatic amines is 1. The molecule has 0 unspecified atom stereocenters. The molecule has 6 heteroatoms. The van der Waals surface area contributed by atoms with Gasteiger partial charge in [0, 0.05) is 22.7 Å². The lowest BCUT2D eigenvalue weighted by atomic mass is 10.2. The topological polar surface area (TPSA) is 88.3 Å². The molecule has 0 aliphatic rings. The number of esters is 1. The number of para-hydroxylation sites is 1. The monoisotopic (exact) mass is 350 g/mol. The molecule has 0 fully saturated rings. The number of aromatic nitrogens is 1. The lowest BCUT2D eigenvalue weighted by molar-refractivity contribution is -0.123. The van der Waals surface area contributed by atoms with Crippen LogP contribution in [0.2, 0.25) is 0 Å². The van der Waals surface area contributed by atoms with Crippen molar-refractivity contribution in [2.24, 2.45) is 0 Å². The van der Waals surface area contributed by atoms with Gasteiger partial charge in [0.1, 0.15) is 5.69 Å². The molecule has 2 N–H and O–H groups in total. The number of amides is 1. The molecule has 1 heterocycles. The van der Waals surface area contributed by atoms with E-state index in [-0.39, 0.29) is 11.1 Å². The number of carbonyl (C=O) groups excluding carboxylic acids is 2. The highest BCUT2D eigenvalue weighted by Crippen LogP contribution is 2.11. The number of anilines is 1. The van der Waals surface area contributed by atoms with Gasteiger partial charge in [-0.3, -0.25) is 9.59 Å². The molecule has 0 aliphatic heterocycles. The number of hydrogen-bond donors (Lipinski definition) is 2. The van der Waals surface area contributed by atoms with E-state index < -0.39 is 18.0 Å². The molecule has 1 atom stereocenters. The molecule has 0 saturated heterocycles. The van der Waals surface area contributed by atoms with Crippen molar-refractivity contribution in [3.8, 4) is 0 Å². The highest BCUT2D eigenvalue weighted by atomic mass is 16.5. The Kier molecular flexibility index (Phi) is 4.84. The number of aryl methyl sites for hydroxylation is 1. The van der Waals surface area contributed by atoms with E-state index in [1.165, 1.54) is 13.0 Å². The summed E-state index contributed by atoms with van der Waals surface area (Å²) in [5.74, 6) is -1.22. The summed E-state index contributed by atoms with van der Waals surface area (Å²) in [5.41, 5.74) is 1.93. The molecule has 2 aromatic carbocycles. The van der Waals surface area contributed by atoms with Crippen molar-refractivity contribution in [1.29, 1.82) is 0 Å². The quantitative estimate of drug-likeness (QED) is 0.708. The Morgan fingerprint density at radius 2 is 1.77 bits per heavy atom. The first-order valence-electron chi connectivity index (χ1n) is 8.14. The molecular formula is C20H18N2O4. The van der Waals surface area contributed by atoms with Crippen molar-refractivity contribution in [2.45, 2.75) is 20.0 Å². The van der Waals surface area contributed by atoms with Crippen LogP contribution in [0.25, 0.3) is 10.9 Å². The van der Waals surface area contributed by atoms with Crippen LogP contribution in [0, 0.1) is 6.92 Å². The van der Waals surface area contributed by atoms with Crippen molar-refractivity contribution in [2.75, 3.05) is 5.32 Å². The summed E-state index contributed by atoms with van der Waals surface area (Å²) in [6, 6.07) is 15.3. The van der Waals surface area contributed by atoms with Crippen molar-refractivity contribution >= 4 is 28.5 Å². The second-order valence-corrected chi connectivity index (χ2v) is 6.00.